The van der Waals surface area contributed by atoms with Crippen LogP contribution in [0.3, 0.4) is 0 Å². The molecule has 0 aromatic heterocycles. The molecule has 0 unspecified atom stereocenters. The molecule has 9 heteroatoms. The van der Waals surface area contributed by atoms with Gasteiger partial charge >= 0.3 is 253 Å². The van der Waals surface area contributed by atoms with Crippen LogP contribution in [-0.4, -0.2) is 253 Å². The number of hydrogen-bond acceptors (Lipinski definition) is 0. The number of hydrogen-bond donors (Lipinski definition) is 0. The van der Waals surface area contributed by atoms with Crippen LogP contribution in [0.2, 0.25) is 0 Å². The summed E-state index contributed by atoms with van der Waals surface area (Å²) < 4.78 is 0. The summed E-state index contributed by atoms with van der Waals surface area (Å²) in [5.41, 5.74) is 0. The second-order valence-corrected chi connectivity index (χ2v) is 0. The Morgan fingerprint density at radius 2 is 0.444 bits per heavy atom. The molecule has 3 nitrogen and oxygen atoms in total. The smallest absolute Gasteiger partial charge is 2.00 e. The summed E-state index contributed by atoms with van der Waals surface area (Å²) in [5.74, 6) is 0. The zero-order chi connectivity index (χ0) is 0. The summed E-state index contributed by atoms with van der Waals surface area (Å²) in [7, 11) is 0. The third kappa shape index (κ3) is 48.9. The zero-order valence-electron chi connectivity index (χ0n) is 2.12. The monoisotopic (exact) mass is 826 g/mol. The Labute approximate surface area is 259 Å². The molecular formula is H6Ba2Bi2K2O3. The molecule has 0 spiro atoms. The van der Waals surface area contributed by atoms with Crippen molar-refractivity contribution in [3.63, 3.8) is 0 Å². The van der Waals surface area contributed by atoms with E-state index in [0.717, 1.165) is 0 Å². The molecule has 4 radical (unpaired) electrons. The van der Waals surface area contributed by atoms with Gasteiger partial charge in [0.2, 0.25) is 0 Å². The third-order valence-electron chi connectivity index (χ3n) is 0. The minimum atomic E-state index is 0. The van der Waals surface area contributed by atoms with E-state index in [9.17, 15) is 0 Å². The molecule has 0 amide bonds. The van der Waals surface area contributed by atoms with Gasteiger partial charge in [-0.1, -0.05) is 0 Å². The van der Waals surface area contributed by atoms with E-state index in [1.165, 1.54) is 0 Å². The van der Waals surface area contributed by atoms with Crippen molar-refractivity contribution >= 4 is 253 Å². The molecule has 0 fully saturated rings. The van der Waals surface area contributed by atoms with Crippen molar-refractivity contribution in [1.29, 1.82) is 0 Å². The Bertz CT molecular complexity index is 17.8. The van der Waals surface area contributed by atoms with Gasteiger partial charge in [-0.05, 0) is 0 Å². The third-order valence-corrected chi connectivity index (χ3v) is 0. The summed E-state index contributed by atoms with van der Waals surface area (Å²) in [5, 5.41) is 0. The standard InChI is InChI=1S/2Ba.2Bi.2K.3O.6H/q;;2*+3;;;3*-2;;;;;;. The van der Waals surface area contributed by atoms with Crippen molar-refractivity contribution in [2.24, 2.45) is 0 Å². The molecule has 0 aromatic carbocycles. The van der Waals surface area contributed by atoms with Gasteiger partial charge in [0.05, 0.1) is 0 Å². The molecule has 0 aliphatic carbocycles. The topological polar surface area (TPSA) is 85.5 Å². The average molecular weight is 825 g/mol. The Morgan fingerprint density at radius 1 is 0.444 bits per heavy atom. The predicted molar refractivity (Wildman–Crippen MR) is 45.0 cm³/mol. The van der Waals surface area contributed by atoms with Crippen LogP contribution in [0.25, 0.3) is 0 Å². The molecule has 0 N–H and O–H groups in total. The van der Waals surface area contributed by atoms with E-state index in [1.54, 1.807) is 0 Å². The van der Waals surface area contributed by atoms with E-state index in [2.05, 4.69) is 0 Å². The van der Waals surface area contributed by atoms with Crippen LogP contribution in [0.4, 0.5) is 0 Å². The fraction of sp³-hybridized carbons (Fsp3) is 0. The first-order chi connectivity index (χ1) is 0. The van der Waals surface area contributed by atoms with Crippen molar-refractivity contribution in [2.75, 3.05) is 0 Å². The Kier molecular flexibility index (Phi) is 422. The van der Waals surface area contributed by atoms with Gasteiger partial charge in [-0.25, -0.2) is 0 Å². The van der Waals surface area contributed by atoms with E-state index >= 15 is 0 Å². The first-order valence-corrected chi connectivity index (χ1v) is 0. The molecule has 0 aromatic rings. The van der Waals surface area contributed by atoms with E-state index < -0.39 is 0 Å². The molecule has 0 atom stereocenters. The van der Waals surface area contributed by atoms with E-state index in [0.29, 0.717) is 0 Å². The largest absolute Gasteiger partial charge is 2.00 e. The van der Waals surface area contributed by atoms with Crippen molar-refractivity contribution in [3.05, 3.63) is 0 Å². The minimum absolute atomic E-state index is 0. The maximum Gasteiger partial charge on any atom is -2.00 e. The molecule has 9 heavy (non-hydrogen) atoms. The Hall–Kier alpha value is 8.06. The van der Waals surface area contributed by atoms with Gasteiger partial charge in [0.25, 0.3) is 0 Å². The van der Waals surface area contributed by atoms with Crippen molar-refractivity contribution < 1.29 is 16.4 Å². The minimum Gasteiger partial charge on any atom is -2.00 e. The van der Waals surface area contributed by atoms with Crippen molar-refractivity contribution in [2.45, 2.75) is 0 Å². The summed E-state index contributed by atoms with van der Waals surface area (Å²) in [4.78, 5) is 0. The normalized spacial score (nSPS) is 0. The van der Waals surface area contributed by atoms with Gasteiger partial charge in [-0.2, -0.15) is 0 Å². The van der Waals surface area contributed by atoms with Gasteiger partial charge < -0.3 is 16.4 Å². The van der Waals surface area contributed by atoms with Gasteiger partial charge in [-0.3, -0.25) is 0 Å². The van der Waals surface area contributed by atoms with Crippen LogP contribution < -0.4 is 0 Å². The molecule has 0 rings (SSSR count). The summed E-state index contributed by atoms with van der Waals surface area (Å²) in [6, 6.07) is 0. The average Bonchev–Trinajstić information content (AvgIpc) is 0. The predicted octanol–water partition coefficient (Wildman–Crippen LogP) is -4.25. The van der Waals surface area contributed by atoms with E-state index in [1.807, 2.05) is 0 Å². The Morgan fingerprint density at radius 3 is 0.444 bits per heavy atom. The first-order valence-electron chi connectivity index (χ1n) is 0. The van der Waals surface area contributed by atoms with Crippen molar-refractivity contribution in [1.82, 2.24) is 0 Å². The van der Waals surface area contributed by atoms with Crippen LogP contribution in [0.15, 0.2) is 0 Å². The van der Waals surface area contributed by atoms with Crippen molar-refractivity contribution in [3.8, 4) is 0 Å². The molecule has 0 bridgehead atoms. The molecule has 0 heterocycles. The molecule has 0 saturated heterocycles. The SMILES string of the molecule is [BaH2].[BaH2].[Bi+3].[Bi+3].[KH].[KH].[O-2].[O-2].[O-2]. The molecular weight excluding hydrogens is 819 g/mol. The quantitative estimate of drug-likeness (QED) is 0.222. The Balaban J connectivity index is 0. The molecule has 0 aliphatic rings. The van der Waals surface area contributed by atoms with Gasteiger partial charge in [0.1, 0.15) is 0 Å². The summed E-state index contributed by atoms with van der Waals surface area (Å²) in [6.07, 6.45) is 0. The van der Waals surface area contributed by atoms with Gasteiger partial charge in [0.15, 0.2) is 0 Å². The van der Waals surface area contributed by atoms with Crippen LogP contribution in [0, 0.1) is 0 Å². The van der Waals surface area contributed by atoms with Crippen LogP contribution in [0.5, 0.6) is 0 Å². The maximum atomic E-state index is 0. The summed E-state index contributed by atoms with van der Waals surface area (Å²) in [6.45, 7) is 0. The molecule has 0 aliphatic heterocycles. The fourth-order valence-corrected chi connectivity index (χ4v) is 0. The van der Waals surface area contributed by atoms with Gasteiger partial charge in [0, 0.05) is 0 Å². The fourth-order valence-electron chi connectivity index (χ4n) is 0. The van der Waals surface area contributed by atoms with E-state index in [4.69, 9.17) is 0 Å². The maximum absolute atomic E-state index is 0. The van der Waals surface area contributed by atoms with Crippen LogP contribution >= 0.6 is 0 Å². The molecule has 40 valence electrons. The van der Waals surface area contributed by atoms with Gasteiger partial charge in [-0.15, -0.1) is 0 Å². The van der Waals surface area contributed by atoms with Crippen LogP contribution in [-0.2, 0) is 16.4 Å². The zero-order valence-corrected chi connectivity index (χ0v) is 9.07. The van der Waals surface area contributed by atoms with Crippen LogP contribution in [0.1, 0.15) is 0 Å². The second-order valence-electron chi connectivity index (χ2n) is 0. The number of rotatable bonds is 0. The second kappa shape index (κ2) is 56.1. The van der Waals surface area contributed by atoms with E-state index in [-0.39, 0.29) is 269 Å². The first kappa shape index (κ1) is 67.7. The molecule has 0 saturated carbocycles. The summed E-state index contributed by atoms with van der Waals surface area (Å²) >= 11 is 0.